The van der Waals surface area contributed by atoms with Crippen molar-refractivity contribution >= 4 is 29.2 Å². The van der Waals surface area contributed by atoms with Gasteiger partial charge in [-0.2, -0.15) is 0 Å². The van der Waals surface area contributed by atoms with E-state index in [1.54, 1.807) is 24.3 Å². The third-order valence-electron chi connectivity index (χ3n) is 4.05. The molecule has 0 radical (unpaired) electrons. The van der Waals surface area contributed by atoms with E-state index in [4.69, 9.17) is 22.1 Å². The second-order valence-electron chi connectivity index (χ2n) is 5.98. The summed E-state index contributed by atoms with van der Waals surface area (Å²) in [6, 6.07) is 15.2. The van der Waals surface area contributed by atoms with Crippen LogP contribution in [0.4, 0.5) is 5.69 Å². The Balaban J connectivity index is 1.48. The van der Waals surface area contributed by atoms with E-state index in [0.29, 0.717) is 23.2 Å². The molecule has 0 unspecified atom stereocenters. The molecule has 1 atom stereocenters. The third kappa shape index (κ3) is 4.97. The van der Waals surface area contributed by atoms with E-state index in [9.17, 15) is 4.79 Å². The molecule has 2 aromatic rings. The van der Waals surface area contributed by atoms with E-state index in [0.717, 1.165) is 24.9 Å². The molecule has 1 aliphatic rings. The number of nitrogens with one attached hydrogen (secondary N) is 1. The van der Waals surface area contributed by atoms with Crippen molar-refractivity contribution < 1.29 is 9.53 Å². The molecule has 25 heavy (non-hydrogen) atoms. The molecule has 1 aliphatic heterocycles. The fourth-order valence-corrected chi connectivity index (χ4v) is 2.81. The predicted molar refractivity (Wildman–Crippen MR) is 100 cm³/mol. The minimum atomic E-state index is -0.152. The van der Waals surface area contributed by atoms with Crippen LogP contribution in [0.25, 0.3) is 0 Å². The normalized spacial score (nSPS) is 16.2. The van der Waals surface area contributed by atoms with Crippen LogP contribution in [-0.2, 0) is 11.2 Å². The Hall–Kier alpha value is -2.53. The van der Waals surface area contributed by atoms with Gasteiger partial charge in [0.25, 0.3) is 11.9 Å². The van der Waals surface area contributed by atoms with E-state index in [1.165, 1.54) is 5.56 Å². The maximum atomic E-state index is 12.2. The van der Waals surface area contributed by atoms with Gasteiger partial charge in [0, 0.05) is 16.3 Å². The minimum Gasteiger partial charge on any atom is -0.463 e. The maximum absolute atomic E-state index is 12.2. The number of aliphatic imine (C=N–C) groups is 1. The number of nitrogens with two attached hydrogens (primary N) is 1. The Morgan fingerprint density at radius 1 is 1.20 bits per heavy atom. The van der Waals surface area contributed by atoms with Crippen LogP contribution in [0, 0.1) is 0 Å². The molecule has 0 aromatic heterocycles. The first-order valence-electron chi connectivity index (χ1n) is 8.22. The monoisotopic (exact) mass is 357 g/mol. The van der Waals surface area contributed by atoms with Crippen molar-refractivity contribution in [2.24, 2.45) is 10.7 Å². The number of halogens is 1. The summed E-state index contributed by atoms with van der Waals surface area (Å²) in [4.78, 5) is 16.4. The zero-order chi connectivity index (χ0) is 17.6. The molecule has 1 heterocycles. The van der Waals surface area contributed by atoms with Crippen LogP contribution in [-0.4, -0.2) is 24.6 Å². The minimum absolute atomic E-state index is 0.152. The average molecular weight is 358 g/mol. The summed E-state index contributed by atoms with van der Waals surface area (Å²) in [5.74, 6) is -0.152. The summed E-state index contributed by atoms with van der Waals surface area (Å²) in [7, 11) is 0. The molecule has 2 aromatic carbocycles. The molecule has 0 saturated carbocycles. The zero-order valence-electron chi connectivity index (χ0n) is 13.7. The Kier molecular flexibility index (Phi) is 5.56. The fraction of sp³-hybridized carbons (Fsp3) is 0.263. The van der Waals surface area contributed by atoms with Crippen molar-refractivity contribution in [3.63, 3.8) is 0 Å². The summed E-state index contributed by atoms with van der Waals surface area (Å²) in [6.45, 7) is 0.585. The Labute approximate surface area is 151 Å². The van der Waals surface area contributed by atoms with Gasteiger partial charge in [-0.05, 0) is 61.2 Å². The molecule has 5 nitrogen and oxygen atoms in total. The molecule has 0 aliphatic carbocycles. The molecule has 0 saturated heterocycles. The quantitative estimate of drug-likeness (QED) is 0.828. The molecule has 3 rings (SSSR count). The molecule has 6 heteroatoms. The molecular weight excluding hydrogens is 338 g/mol. The number of carbonyl (C=O) groups excluding carboxylic acids is 1. The van der Waals surface area contributed by atoms with Crippen LogP contribution >= 0.6 is 11.6 Å². The van der Waals surface area contributed by atoms with Crippen LogP contribution in [0.2, 0.25) is 5.02 Å². The number of hydrogen-bond acceptors (Lipinski definition) is 4. The van der Waals surface area contributed by atoms with Gasteiger partial charge in [0.05, 0.1) is 6.04 Å². The average Bonchev–Trinajstić information content (AvgIpc) is 3.02. The van der Waals surface area contributed by atoms with Gasteiger partial charge in [-0.15, -0.1) is 0 Å². The highest BCUT2D eigenvalue weighted by Gasteiger charge is 2.15. The lowest BCUT2D eigenvalue weighted by Crippen LogP contribution is -2.11. The van der Waals surface area contributed by atoms with Crippen LogP contribution in [0.5, 0.6) is 0 Å². The summed E-state index contributed by atoms with van der Waals surface area (Å²) < 4.78 is 5.14. The van der Waals surface area contributed by atoms with E-state index >= 15 is 0 Å². The number of benzene rings is 2. The topological polar surface area (TPSA) is 76.7 Å². The van der Waals surface area contributed by atoms with Gasteiger partial charge in [-0.25, -0.2) is 4.99 Å². The lowest BCUT2D eigenvalue weighted by Gasteiger charge is -2.08. The third-order valence-corrected chi connectivity index (χ3v) is 4.31. The lowest BCUT2D eigenvalue weighted by atomic mass is 10.0. The zero-order valence-corrected chi connectivity index (χ0v) is 14.5. The Morgan fingerprint density at radius 3 is 2.56 bits per heavy atom. The van der Waals surface area contributed by atoms with E-state index in [-0.39, 0.29) is 11.9 Å². The Bertz CT molecular complexity index is 757. The van der Waals surface area contributed by atoms with E-state index in [2.05, 4.69) is 10.3 Å². The number of amides is 1. The number of aryl methyl sites for hydroxylation is 1. The number of ether oxygens (including phenoxy) is 1. The summed E-state index contributed by atoms with van der Waals surface area (Å²) in [5, 5.41) is 3.49. The highest BCUT2D eigenvalue weighted by atomic mass is 35.5. The summed E-state index contributed by atoms with van der Waals surface area (Å²) in [6.07, 6.45) is 2.92. The van der Waals surface area contributed by atoms with Crippen LogP contribution in [0.3, 0.4) is 0 Å². The number of anilines is 1. The lowest BCUT2D eigenvalue weighted by molar-refractivity contribution is 0.102. The summed E-state index contributed by atoms with van der Waals surface area (Å²) >= 11 is 5.83. The second kappa shape index (κ2) is 8.03. The van der Waals surface area contributed by atoms with Gasteiger partial charge in [0.2, 0.25) is 0 Å². The molecule has 0 fully saturated rings. The molecule has 130 valence electrons. The van der Waals surface area contributed by atoms with Crippen molar-refractivity contribution in [3.8, 4) is 0 Å². The van der Waals surface area contributed by atoms with Gasteiger partial charge < -0.3 is 15.8 Å². The SMILES string of the molecule is NC1=N[C@@H](CCCc2ccc(NC(=O)c3ccc(Cl)cc3)cc2)CO1. The van der Waals surface area contributed by atoms with E-state index in [1.807, 2.05) is 24.3 Å². The Morgan fingerprint density at radius 2 is 1.92 bits per heavy atom. The first-order chi connectivity index (χ1) is 12.1. The van der Waals surface area contributed by atoms with Gasteiger partial charge in [0.1, 0.15) is 6.61 Å². The number of nitrogens with zero attached hydrogens (tertiary/aromatic N) is 1. The number of rotatable bonds is 6. The maximum Gasteiger partial charge on any atom is 0.282 e. The van der Waals surface area contributed by atoms with Gasteiger partial charge in [-0.3, -0.25) is 4.79 Å². The molecule has 0 spiro atoms. The van der Waals surface area contributed by atoms with Crippen LogP contribution < -0.4 is 11.1 Å². The van der Waals surface area contributed by atoms with Crippen molar-refractivity contribution in [2.75, 3.05) is 11.9 Å². The molecular formula is C19H20ClN3O2. The van der Waals surface area contributed by atoms with Crippen molar-refractivity contribution in [1.29, 1.82) is 0 Å². The molecule has 0 bridgehead atoms. The first-order valence-corrected chi connectivity index (χ1v) is 8.60. The van der Waals surface area contributed by atoms with Crippen LogP contribution in [0.15, 0.2) is 53.5 Å². The summed E-state index contributed by atoms with van der Waals surface area (Å²) in [5.41, 5.74) is 8.07. The highest BCUT2D eigenvalue weighted by molar-refractivity contribution is 6.30. The smallest absolute Gasteiger partial charge is 0.282 e. The largest absolute Gasteiger partial charge is 0.463 e. The number of carbonyl (C=O) groups is 1. The second-order valence-corrected chi connectivity index (χ2v) is 6.42. The highest BCUT2D eigenvalue weighted by Crippen LogP contribution is 2.16. The fourth-order valence-electron chi connectivity index (χ4n) is 2.69. The first kappa shape index (κ1) is 17.3. The molecule has 3 N–H and O–H groups in total. The molecule has 1 amide bonds. The predicted octanol–water partition coefficient (Wildman–Crippen LogP) is 3.63. The standard InChI is InChI=1S/C19H20ClN3O2/c20-15-8-6-14(7-9-15)18(24)22-16-10-4-13(5-11-16)2-1-3-17-12-25-19(21)23-17/h4-11,17H,1-3,12H2,(H2,21,23)(H,22,24)/t17-/m0/s1. The van der Waals surface area contributed by atoms with Crippen molar-refractivity contribution in [1.82, 2.24) is 0 Å². The van der Waals surface area contributed by atoms with Crippen molar-refractivity contribution in [2.45, 2.75) is 25.3 Å². The van der Waals surface area contributed by atoms with Gasteiger partial charge >= 0.3 is 0 Å². The van der Waals surface area contributed by atoms with Gasteiger partial charge in [0.15, 0.2) is 0 Å². The van der Waals surface area contributed by atoms with Crippen LogP contribution in [0.1, 0.15) is 28.8 Å². The number of amidine groups is 1. The van der Waals surface area contributed by atoms with Gasteiger partial charge in [-0.1, -0.05) is 23.7 Å². The van der Waals surface area contributed by atoms with Crippen molar-refractivity contribution in [3.05, 3.63) is 64.7 Å². The number of hydrogen-bond donors (Lipinski definition) is 2. The van der Waals surface area contributed by atoms with E-state index < -0.39 is 0 Å².